The third kappa shape index (κ3) is 4.95. The van der Waals surface area contributed by atoms with Crippen LogP contribution < -0.4 is 10.1 Å². The average Bonchev–Trinajstić information content (AvgIpc) is 2.58. The van der Waals surface area contributed by atoms with Gasteiger partial charge in [0.15, 0.2) is 6.61 Å². The van der Waals surface area contributed by atoms with Gasteiger partial charge in [-0.1, -0.05) is 18.2 Å². The summed E-state index contributed by atoms with van der Waals surface area (Å²) in [6.45, 7) is -0.975. The lowest BCUT2D eigenvalue weighted by atomic mass is 10.1. The van der Waals surface area contributed by atoms with Gasteiger partial charge in [0.2, 0.25) is 5.88 Å². The van der Waals surface area contributed by atoms with E-state index in [-0.39, 0.29) is 23.6 Å². The van der Waals surface area contributed by atoms with Crippen molar-refractivity contribution in [3.8, 4) is 5.88 Å². The van der Waals surface area contributed by atoms with E-state index in [0.717, 1.165) is 6.20 Å². The minimum Gasteiger partial charge on any atom is -0.472 e. The van der Waals surface area contributed by atoms with Gasteiger partial charge in [0.05, 0.1) is 11.7 Å². The highest BCUT2D eigenvalue weighted by Crippen LogP contribution is 2.16. The zero-order valence-electron chi connectivity index (χ0n) is 12.5. The van der Waals surface area contributed by atoms with Crippen molar-refractivity contribution in [2.45, 2.75) is 12.5 Å². The van der Waals surface area contributed by atoms with E-state index in [1.54, 1.807) is 6.07 Å². The summed E-state index contributed by atoms with van der Waals surface area (Å²) in [7, 11) is 0. The Morgan fingerprint density at radius 1 is 1.25 bits per heavy atom. The number of alkyl halides is 2. The Morgan fingerprint density at radius 2 is 2.00 bits per heavy atom. The summed E-state index contributed by atoms with van der Waals surface area (Å²) in [4.78, 5) is 15.7. The molecule has 0 bridgehead atoms. The van der Waals surface area contributed by atoms with Crippen LogP contribution in [-0.2, 0) is 0 Å². The molecular formula is C16H15F3N2O3. The molecule has 0 saturated carbocycles. The molecule has 8 heteroatoms. The summed E-state index contributed by atoms with van der Waals surface area (Å²) in [5.41, 5.74) is 0.229. The standard InChI is InChI=1S/C16H15F3N2O3/c17-12-4-2-1-3-11(12)13(22)8-21-16(23)10-5-6-15(20-7-10)24-9-14(18)19/h1-7,13-14,22H,8-9H2,(H,21,23). The van der Waals surface area contributed by atoms with Gasteiger partial charge in [-0.2, -0.15) is 0 Å². The summed E-state index contributed by atoms with van der Waals surface area (Å²) in [5.74, 6) is -1.14. The van der Waals surface area contributed by atoms with Crippen molar-refractivity contribution >= 4 is 5.91 Å². The number of rotatable bonds is 7. The Balaban J connectivity index is 1.89. The average molecular weight is 340 g/mol. The Bertz CT molecular complexity index is 681. The fourth-order valence-electron chi connectivity index (χ4n) is 1.90. The second-order valence-corrected chi connectivity index (χ2v) is 4.83. The molecule has 2 N–H and O–H groups in total. The molecule has 1 aromatic carbocycles. The van der Waals surface area contributed by atoms with Crippen LogP contribution in [0.1, 0.15) is 22.0 Å². The van der Waals surface area contributed by atoms with Crippen molar-refractivity contribution < 1.29 is 27.8 Å². The maximum Gasteiger partial charge on any atom is 0.272 e. The van der Waals surface area contributed by atoms with Gasteiger partial charge in [-0.25, -0.2) is 18.2 Å². The molecule has 2 rings (SSSR count). The zero-order valence-corrected chi connectivity index (χ0v) is 12.5. The summed E-state index contributed by atoms with van der Waals surface area (Å²) >= 11 is 0. The van der Waals surface area contributed by atoms with Gasteiger partial charge >= 0.3 is 0 Å². The third-order valence-electron chi connectivity index (χ3n) is 3.08. The number of aromatic nitrogens is 1. The molecule has 0 saturated heterocycles. The van der Waals surface area contributed by atoms with Crippen molar-refractivity contribution in [3.05, 3.63) is 59.5 Å². The Labute approximate surface area is 136 Å². The molecule has 2 aromatic rings. The van der Waals surface area contributed by atoms with Crippen LogP contribution in [0.4, 0.5) is 13.2 Å². The Morgan fingerprint density at radius 3 is 2.62 bits per heavy atom. The first-order chi connectivity index (χ1) is 11.5. The van der Waals surface area contributed by atoms with Gasteiger partial charge in [-0.3, -0.25) is 4.79 Å². The van der Waals surface area contributed by atoms with Gasteiger partial charge in [0.25, 0.3) is 12.3 Å². The SMILES string of the molecule is O=C(NCC(O)c1ccccc1F)c1ccc(OCC(F)F)nc1. The first kappa shape index (κ1) is 17.7. The number of hydrogen-bond donors (Lipinski definition) is 2. The fourth-order valence-corrected chi connectivity index (χ4v) is 1.90. The van der Waals surface area contributed by atoms with E-state index in [9.17, 15) is 23.1 Å². The van der Waals surface area contributed by atoms with Crippen molar-refractivity contribution in [2.24, 2.45) is 0 Å². The third-order valence-corrected chi connectivity index (χ3v) is 3.08. The largest absolute Gasteiger partial charge is 0.472 e. The van der Waals surface area contributed by atoms with E-state index in [0.29, 0.717) is 0 Å². The first-order valence-corrected chi connectivity index (χ1v) is 7.05. The molecule has 0 fully saturated rings. The highest BCUT2D eigenvalue weighted by molar-refractivity contribution is 5.93. The number of ether oxygens (including phenoxy) is 1. The minimum absolute atomic E-state index is 0.0294. The van der Waals surface area contributed by atoms with E-state index in [1.165, 1.54) is 30.3 Å². The van der Waals surface area contributed by atoms with Crippen LogP contribution in [0.25, 0.3) is 0 Å². The van der Waals surface area contributed by atoms with Crippen LogP contribution in [0.15, 0.2) is 42.6 Å². The van der Waals surface area contributed by atoms with Gasteiger partial charge in [-0.05, 0) is 12.1 Å². The molecule has 1 amide bonds. The molecule has 0 aliphatic rings. The lowest BCUT2D eigenvalue weighted by molar-refractivity contribution is 0.0794. The number of nitrogens with one attached hydrogen (secondary N) is 1. The number of aliphatic hydroxyl groups is 1. The van der Waals surface area contributed by atoms with Crippen LogP contribution in [0.2, 0.25) is 0 Å². The number of halogens is 3. The number of carbonyl (C=O) groups excluding carboxylic acids is 1. The number of amides is 1. The molecule has 1 atom stereocenters. The highest BCUT2D eigenvalue weighted by Gasteiger charge is 2.14. The predicted molar refractivity (Wildman–Crippen MR) is 79.4 cm³/mol. The topological polar surface area (TPSA) is 71.5 Å². The summed E-state index contributed by atoms with van der Waals surface area (Å²) in [5, 5.41) is 12.3. The van der Waals surface area contributed by atoms with Crippen LogP contribution >= 0.6 is 0 Å². The van der Waals surface area contributed by atoms with E-state index in [1.807, 2.05) is 0 Å². The normalized spacial score (nSPS) is 12.0. The van der Waals surface area contributed by atoms with Crippen molar-refractivity contribution in [2.75, 3.05) is 13.2 Å². The molecule has 5 nitrogen and oxygen atoms in total. The number of pyridine rings is 1. The second kappa shape index (κ2) is 8.30. The molecule has 128 valence electrons. The smallest absolute Gasteiger partial charge is 0.272 e. The Kier molecular flexibility index (Phi) is 6.14. The lowest BCUT2D eigenvalue weighted by Gasteiger charge is -2.13. The molecule has 1 heterocycles. The second-order valence-electron chi connectivity index (χ2n) is 4.83. The fraction of sp³-hybridized carbons (Fsp3) is 0.250. The predicted octanol–water partition coefficient (Wildman–Crippen LogP) is 2.33. The first-order valence-electron chi connectivity index (χ1n) is 7.05. The Hall–Kier alpha value is -2.61. The van der Waals surface area contributed by atoms with Gasteiger partial charge in [0.1, 0.15) is 5.82 Å². The summed E-state index contributed by atoms with van der Waals surface area (Å²) < 4.78 is 42.2. The number of benzene rings is 1. The molecule has 0 aliphatic heterocycles. The maximum absolute atomic E-state index is 13.5. The quantitative estimate of drug-likeness (QED) is 0.811. The summed E-state index contributed by atoms with van der Waals surface area (Å²) in [6, 6.07) is 8.33. The number of carbonyl (C=O) groups is 1. The monoisotopic (exact) mass is 340 g/mol. The van der Waals surface area contributed by atoms with Gasteiger partial charge in [-0.15, -0.1) is 0 Å². The minimum atomic E-state index is -2.62. The van der Waals surface area contributed by atoms with Crippen LogP contribution in [0.5, 0.6) is 5.88 Å². The van der Waals surface area contributed by atoms with E-state index in [4.69, 9.17) is 4.74 Å². The van der Waals surface area contributed by atoms with Gasteiger partial charge in [0, 0.05) is 24.4 Å². The van der Waals surface area contributed by atoms with Gasteiger partial charge < -0.3 is 15.2 Å². The molecule has 24 heavy (non-hydrogen) atoms. The number of hydrogen-bond acceptors (Lipinski definition) is 4. The molecule has 0 radical (unpaired) electrons. The molecule has 1 unspecified atom stereocenters. The van der Waals surface area contributed by atoms with E-state index < -0.39 is 30.9 Å². The van der Waals surface area contributed by atoms with E-state index in [2.05, 4.69) is 10.3 Å². The van der Waals surface area contributed by atoms with E-state index >= 15 is 0 Å². The number of nitrogens with zero attached hydrogens (tertiary/aromatic N) is 1. The number of aliphatic hydroxyl groups excluding tert-OH is 1. The highest BCUT2D eigenvalue weighted by atomic mass is 19.3. The van der Waals surface area contributed by atoms with Crippen LogP contribution in [0, 0.1) is 5.82 Å². The van der Waals surface area contributed by atoms with Crippen molar-refractivity contribution in [1.82, 2.24) is 10.3 Å². The molecular weight excluding hydrogens is 325 g/mol. The molecule has 1 aromatic heterocycles. The molecule has 0 aliphatic carbocycles. The van der Waals surface area contributed by atoms with Crippen molar-refractivity contribution in [3.63, 3.8) is 0 Å². The van der Waals surface area contributed by atoms with Crippen LogP contribution in [-0.4, -0.2) is 35.6 Å². The lowest BCUT2D eigenvalue weighted by Crippen LogP contribution is -2.28. The zero-order chi connectivity index (χ0) is 17.5. The molecule has 0 spiro atoms. The van der Waals surface area contributed by atoms with Crippen LogP contribution in [0.3, 0.4) is 0 Å². The van der Waals surface area contributed by atoms with Crippen molar-refractivity contribution in [1.29, 1.82) is 0 Å². The summed E-state index contributed by atoms with van der Waals surface area (Å²) in [6.07, 6.45) is -2.66. The maximum atomic E-state index is 13.5.